The number of hydrogen-bond donors (Lipinski definition) is 4. The van der Waals surface area contributed by atoms with Crippen LogP contribution in [-0.2, 0) is 0 Å². The molecule has 2 aromatic rings. The van der Waals surface area contributed by atoms with Gasteiger partial charge in [-0.2, -0.15) is 0 Å². The van der Waals surface area contributed by atoms with E-state index in [1.807, 2.05) is 30.3 Å². The minimum absolute atomic E-state index is 0.0638. The van der Waals surface area contributed by atoms with E-state index in [1.165, 1.54) is 7.11 Å². The summed E-state index contributed by atoms with van der Waals surface area (Å²) in [6.07, 6.45) is 1.70. The van der Waals surface area contributed by atoms with Crippen LogP contribution in [0.25, 0.3) is 0 Å². The molecule has 0 heterocycles. The Morgan fingerprint density at radius 1 is 1.32 bits per heavy atom. The molecule has 5 nitrogen and oxygen atoms in total. The molecular formula is C15H15BrN3O2S+. The highest BCUT2D eigenvalue weighted by Crippen LogP contribution is 2.34. The van der Waals surface area contributed by atoms with E-state index in [1.54, 1.807) is 18.3 Å². The van der Waals surface area contributed by atoms with E-state index in [9.17, 15) is 5.11 Å². The largest absolute Gasteiger partial charge is 0.503 e. The monoisotopic (exact) mass is 380 g/mol. The number of anilines is 1. The Morgan fingerprint density at radius 2 is 2.05 bits per heavy atom. The van der Waals surface area contributed by atoms with Crippen LogP contribution in [0.15, 0.2) is 46.9 Å². The van der Waals surface area contributed by atoms with Crippen molar-refractivity contribution in [1.29, 1.82) is 0 Å². The molecule has 0 atom stereocenters. The van der Waals surface area contributed by atoms with Gasteiger partial charge in [-0.25, -0.2) is 0 Å². The number of nitrogens with one attached hydrogen (secondary N) is 3. The number of phenolic OH excluding ortho intramolecular Hbond substituents is 1. The van der Waals surface area contributed by atoms with E-state index in [2.05, 4.69) is 31.8 Å². The van der Waals surface area contributed by atoms with Crippen molar-refractivity contribution in [3.63, 3.8) is 0 Å². The molecule has 0 unspecified atom stereocenters. The van der Waals surface area contributed by atoms with E-state index in [-0.39, 0.29) is 5.75 Å². The number of thiocarbonyl (C=S) groups is 1. The van der Waals surface area contributed by atoms with Crippen molar-refractivity contribution >= 4 is 45.2 Å². The van der Waals surface area contributed by atoms with Crippen LogP contribution in [0.2, 0.25) is 0 Å². The zero-order valence-corrected chi connectivity index (χ0v) is 14.2. The highest BCUT2D eigenvalue weighted by atomic mass is 79.9. The average molecular weight is 381 g/mol. The van der Waals surface area contributed by atoms with Crippen molar-refractivity contribution in [2.45, 2.75) is 0 Å². The fraction of sp³-hybridized carbons (Fsp3) is 0.0667. The maximum absolute atomic E-state index is 9.75. The van der Waals surface area contributed by atoms with Crippen molar-refractivity contribution in [2.75, 3.05) is 12.4 Å². The number of para-hydroxylation sites is 1. The number of hydrogen-bond acceptors (Lipinski definition) is 3. The smallest absolute Gasteiger partial charge is 0.228 e. The van der Waals surface area contributed by atoms with Crippen molar-refractivity contribution in [2.24, 2.45) is 0 Å². The van der Waals surface area contributed by atoms with Gasteiger partial charge < -0.3 is 15.2 Å². The second-order valence-electron chi connectivity index (χ2n) is 4.29. The molecule has 0 saturated heterocycles. The predicted molar refractivity (Wildman–Crippen MR) is 94.3 cm³/mol. The van der Waals surface area contributed by atoms with E-state index >= 15 is 0 Å². The highest BCUT2D eigenvalue weighted by Gasteiger charge is 2.08. The first kappa shape index (κ1) is 16.3. The summed E-state index contributed by atoms with van der Waals surface area (Å²) in [4.78, 5) is 0. The summed E-state index contributed by atoms with van der Waals surface area (Å²) in [6, 6.07) is 13.1. The number of aromatic hydroxyl groups is 1. The lowest BCUT2D eigenvalue weighted by molar-refractivity contribution is -0.499. The number of halogens is 1. The fourth-order valence-electron chi connectivity index (χ4n) is 1.70. The lowest BCUT2D eigenvalue weighted by atomic mass is 10.2. The van der Waals surface area contributed by atoms with Crippen LogP contribution in [-0.4, -0.2) is 23.5 Å². The lowest BCUT2D eigenvalue weighted by Crippen LogP contribution is -2.82. The van der Waals surface area contributed by atoms with Gasteiger partial charge in [0.1, 0.15) is 0 Å². The van der Waals surface area contributed by atoms with Crippen LogP contribution >= 0.6 is 28.1 Å². The Kier molecular flexibility index (Phi) is 5.74. The van der Waals surface area contributed by atoms with E-state index < -0.39 is 0 Å². The average Bonchev–Trinajstić information content (AvgIpc) is 2.51. The third-order valence-corrected chi connectivity index (χ3v) is 3.54. The molecule has 2 aromatic carbocycles. The SMILES string of the molecule is COc1cc(C=[NH+]NC(=S)Nc2ccccc2)cc(Br)c1O. The molecule has 0 saturated carbocycles. The van der Waals surface area contributed by atoms with Gasteiger partial charge >= 0.3 is 0 Å². The van der Waals surface area contributed by atoms with Crippen LogP contribution < -0.4 is 20.6 Å². The second-order valence-corrected chi connectivity index (χ2v) is 5.55. The summed E-state index contributed by atoms with van der Waals surface area (Å²) in [5.74, 6) is 0.446. The van der Waals surface area contributed by atoms with Crippen LogP contribution in [0.5, 0.6) is 11.5 Å². The summed E-state index contributed by atoms with van der Waals surface area (Å²) >= 11 is 8.43. The molecule has 0 aliphatic rings. The molecular weight excluding hydrogens is 366 g/mol. The minimum atomic E-state index is 0.0638. The molecule has 0 bridgehead atoms. The number of phenols is 1. The lowest BCUT2D eigenvalue weighted by Gasteiger charge is -2.05. The molecule has 0 aliphatic carbocycles. The number of hydrazine groups is 1. The van der Waals surface area contributed by atoms with Crippen LogP contribution in [0.3, 0.4) is 0 Å². The maximum Gasteiger partial charge on any atom is 0.228 e. The van der Waals surface area contributed by atoms with Crippen molar-refractivity contribution in [3.8, 4) is 11.5 Å². The Morgan fingerprint density at radius 3 is 2.73 bits per heavy atom. The first-order valence-electron chi connectivity index (χ1n) is 6.37. The molecule has 0 aliphatic heterocycles. The van der Waals surface area contributed by atoms with Gasteiger partial charge in [0.05, 0.1) is 11.6 Å². The topological polar surface area (TPSA) is 67.5 Å². The van der Waals surface area contributed by atoms with Gasteiger partial charge in [-0.05, 0) is 52.4 Å². The minimum Gasteiger partial charge on any atom is -0.503 e. The van der Waals surface area contributed by atoms with Crippen LogP contribution in [0, 0.1) is 0 Å². The summed E-state index contributed by atoms with van der Waals surface area (Å²) < 4.78 is 5.63. The first-order chi connectivity index (χ1) is 10.6. The van der Waals surface area contributed by atoms with Gasteiger partial charge in [0, 0.05) is 11.3 Å². The summed E-state index contributed by atoms with van der Waals surface area (Å²) in [6.45, 7) is 0. The first-order valence-corrected chi connectivity index (χ1v) is 7.57. The van der Waals surface area contributed by atoms with Gasteiger partial charge in [0.25, 0.3) is 0 Å². The molecule has 22 heavy (non-hydrogen) atoms. The number of ether oxygens (including phenoxy) is 1. The van der Waals surface area contributed by atoms with Crippen LogP contribution in [0.1, 0.15) is 5.56 Å². The standard InChI is InChI=1S/C15H14BrN3O2S/c1-21-13-8-10(7-12(16)14(13)20)9-17-19-15(22)18-11-5-3-2-4-6-11/h2-9,20H,1H3,(H2,18,19,22)/p+1. The van der Waals surface area contributed by atoms with Crippen molar-refractivity contribution < 1.29 is 14.9 Å². The maximum atomic E-state index is 9.75. The Hall–Kier alpha value is -2.12. The zero-order valence-electron chi connectivity index (χ0n) is 11.8. The number of methoxy groups -OCH3 is 1. The third-order valence-electron chi connectivity index (χ3n) is 2.73. The molecule has 0 amide bonds. The van der Waals surface area contributed by atoms with Crippen LogP contribution in [0.4, 0.5) is 5.69 Å². The number of benzene rings is 2. The van der Waals surface area contributed by atoms with Gasteiger partial charge in [-0.3, -0.25) is 0 Å². The second kappa shape index (κ2) is 7.77. The normalized spacial score (nSPS) is 10.5. The molecule has 0 fully saturated rings. The van der Waals surface area contributed by atoms with E-state index in [4.69, 9.17) is 17.0 Å². The molecule has 0 radical (unpaired) electrons. The summed E-state index contributed by atoms with van der Waals surface area (Å²) in [5.41, 5.74) is 4.55. The van der Waals surface area contributed by atoms with E-state index in [0.29, 0.717) is 15.3 Å². The molecule has 4 N–H and O–H groups in total. The van der Waals surface area contributed by atoms with Crippen molar-refractivity contribution in [3.05, 3.63) is 52.5 Å². The highest BCUT2D eigenvalue weighted by molar-refractivity contribution is 9.10. The number of hydrazone groups is 1. The fourth-order valence-corrected chi connectivity index (χ4v) is 2.34. The molecule has 0 spiro atoms. The summed E-state index contributed by atoms with van der Waals surface area (Å²) in [7, 11) is 1.50. The van der Waals surface area contributed by atoms with Gasteiger partial charge in [-0.1, -0.05) is 18.2 Å². The summed E-state index contributed by atoms with van der Waals surface area (Å²) in [5, 5.41) is 16.1. The van der Waals surface area contributed by atoms with Gasteiger partial charge in [0.15, 0.2) is 17.7 Å². The Balaban J connectivity index is 1.98. The molecule has 2 rings (SSSR count). The Bertz CT molecular complexity index is 693. The van der Waals surface area contributed by atoms with E-state index in [0.717, 1.165) is 11.3 Å². The predicted octanol–water partition coefficient (Wildman–Crippen LogP) is 1.56. The zero-order chi connectivity index (χ0) is 15.9. The van der Waals surface area contributed by atoms with Gasteiger partial charge in [-0.15, -0.1) is 10.5 Å². The quantitative estimate of drug-likeness (QED) is 0.368. The number of rotatable bonds is 4. The molecule has 0 aromatic heterocycles. The molecule has 114 valence electrons. The third kappa shape index (κ3) is 4.44. The van der Waals surface area contributed by atoms with Gasteiger partial charge in [0.2, 0.25) is 5.11 Å². The Labute approximate surface area is 142 Å². The van der Waals surface area contributed by atoms with Crippen molar-refractivity contribution in [1.82, 2.24) is 5.43 Å². The molecule has 7 heteroatoms.